The summed E-state index contributed by atoms with van der Waals surface area (Å²) in [5, 5.41) is 4.03. The van der Waals surface area contributed by atoms with E-state index >= 15 is 0 Å². The van der Waals surface area contributed by atoms with Crippen LogP contribution in [0.25, 0.3) is 0 Å². The normalized spacial score (nSPS) is 19.5. The highest BCUT2D eigenvalue weighted by Crippen LogP contribution is 2.23. The van der Waals surface area contributed by atoms with Gasteiger partial charge in [-0.1, -0.05) is 30.3 Å². The zero-order valence-electron chi connectivity index (χ0n) is 14.7. The van der Waals surface area contributed by atoms with Gasteiger partial charge in [0.25, 0.3) is 5.91 Å². The van der Waals surface area contributed by atoms with Crippen LogP contribution in [0, 0.1) is 0 Å². The lowest BCUT2D eigenvalue weighted by atomic mass is 10.0. The van der Waals surface area contributed by atoms with E-state index in [1.54, 1.807) is 32.6 Å². The zero-order chi connectivity index (χ0) is 18.4. The quantitative estimate of drug-likeness (QED) is 0.544. The molecule has 2 unspecified atom stereocenters. The Labute approximate surface area is 152 Å². The number of carbonyl (C=O) groups is 1. The Kier molecular flexibility index (Phi) is 5.83. The van der Waals surface area contributed by atoms with Gasteiger partial charge in [0, 0.05) is 17.7 Å². The molecule has 7 nitrogen and oxygen atoms in total. The summed E-state index contributed by atoms with van der Waals surface area (Å²) in [5.41, 5.74) is 10.6. The standard InChI is InChI=1S/C19H22N4O3/c1-25-15-9-8-14(18(10-15)26-2)12-20-23-19(24)17-11-16(21-22-17)13-6-4-3-5-7-13/h3-10,12,16-17,21-22H,11H2,1-2H3,(H,23,24)/b20-12+. The second-order valence-corrected chi connectivity index (χ2v) is 5.88. The SMILES string of the molecule is COc1ccc(/C=N/NC(=O)C2CC(c3ccccc3)NN2)c(OC)c1. The molecule has 2 atom stereocenters. The van der Waals surface area contributed by atoms with Gasteiger partial charge in [0.1, 0.15) is 17.5 Å². The molecule has 1 saturated heterocycles. The maximum atomic E-state index is 12.3. The molecule has 0 aliphatic carbocycles. The Morgan fingerprint density at radius 2 is 1.96 bits per heavy atom. The molecule has 1 aliphatic heterocycles. The highest BCUT2D eigenvalue weighted by molar-refractivity contribution is 5.87. The number of nitrogens with one attached hydrogen (secondary N) is 3. The van der Waals surface area contributed by atoms with E-state index in [1.807, 2.05) is 36.4 Å². The lowest BCUT2D eigenvalue weighted by Crippen LogP contribution is -2.41. The maximum Gasteiger partial charge on any atom is 0.258 e. The van der Waals surface area contributed by atoms with Crippen LogP contribution in [0.5, 0.6) is 11.5 Å². The number of hydrogen-bond donors (Lipinski definition) is 3. The average molecular weight is 354 g/mol. The monoisotopic (exact) mass is 354 g/mol. The van der Waals surface area contributed by atoms with Gasteiger partial charge in [0.05, 0.1) is 20.4 Å². The van der Waals surface area contributed by atoms with E-state index in [1.165, 1.54) is 0 Å². The molecular weight excluding hydrogens is 332 g/mol. The van der Waals surface area contributed by atoms with Crippen LogP contribution in [-0.2, 0) is 4.79 Å². The molecular formula is C19H22N4O3. The van der Waals surface area contributed by atoms with Crippen molar-refractivity contribution in [1.29, 1.82) is 0 Å². The summed E-state index contributed by atoms with van der Waals surface area (Å²) in [6, 6.07) is 15.1. The third kappa shape index (κ3) is 4.19. The van der Waals surface area contributed by atoms with Crippen molar-refractivity contribution in [3.8, 4) is 11.5 Å². The van der Waals surface area contributed by atoms with E-state index < -0.39 is 0 Å². The van der Waals surface area contributed by atoms with E-state index in [4.69, 9.17) is 9.47 Å². The highest BCUT2D eigenvalue weighted by atomic mass is 16.5. The maximum absolute atomic E-state index is 12.3. The molecule has 1 heterocycles. The summed E-state index contributed by atoms with van der Waals surface area (Å²) in [4.78, 5) is 12.3. The predicted octanol–water partition coefficient (Wildman–Crippen LogP) is 1.76. The highest BCUT2D eigenvalue weighted by Gasteiger charge is 2.29. The van der Waals surface area contributed by atoms with Crippen LogP contribution in [-0.4, -0.2) is 32.4 Å². The number of hydrogen-bond acceptors (Lipinski definition) is 6. The Balaban J connectivity index is 1.57. The zero-order valence-corrected chi connectivity index (χ0v) is 14.7. The van der Waals surface area contributed by atoms with Crippen molar-refractivity contribution in [3.05, 3.63) is 59.7 Å². The first-order chi connectivity index (χ1) is 12.7. The van der Waals surface area contributed by atoms with Crippen molar-refractivity contribution in [2.24, 2.45) is 5.10 Å². The first-order valence-electron chi connectivity index (χ1n) is 8.32. The number of benzene rings is 2. The molecule has 2 aromatic rings. The summed E-state index contributed by atoms with van der Waals surface area (Å²) in [6.45, 7) is 0. The Hall–Kier alpha value is -2.90. The summed E-state index contributed by atoms with van der Waals surface area (Å²) < 4.78 is 10.5. The van der Waals surface area contributed by atoms with Crippen molar-refractivity contribution in [3.63, 3.8) is 0 Å². The van der Waals surface area contributed by atoms with Crippen LogP contribution in [0.3, 0.4) is 0 Å². The Morgan fingerprint density at radius 1 is 1.15 bits per heavy atom. The molecule has 3 N–H and O–H groups in total. The lowest BCUT2D eigenvalue weighted by Gasteiger charge is -2.09. The van der Waals surface area contributed by atoms with Crippen LogP contribution in [0.1, 0.15) is 23.6 Å². The number of hydrazine groups is 1. The van der Waals surface area contributed by atoms with Crippen LogP contribution >= 0.6 is 0 Å². The lowest BCUT2D eigenvalue weighted by molar-refractivity contribution is -0.122. The van der Waals surface area contributed by atoms with Gasteiger partial charge < -0.3 is 9.47 Å². The van der Waals surface area contributed by atoms with E-state index in [-0.39, 0.29) is 18.0 Å². The van der Waals surface area contributed by atoms with Gasteiger partial charge >= 0.3 is 0 Å². The van der Waals surface area contributed by atoms with Gasteiger partial charge in [0.2, 0.25) is 0 Å². The van der Waals surface area contributed by atoms with Gasteiger partial charge in [-0.25, -0.2) is 16.3 Å². The van der Waals surface area contributed by atoms with Crippen molar-refractivity contribution < 1.29 is 14.3 Å². The fraction of sp³-hybridized carbons (Fsp3) is 0.263. The van der Waals surface area contributed by atoms with Crippen molar-refractivity contribution in [2.45, 2.75) is 18.5 Å². The first-order valence-corrected chi connectivity index (χ1v) is 8.32. The molecule has 1 fully saturated rings. The van der Waals surface area contributed by atoms with Crippen LogP contribution < -0.4 is 25.8 Å². The smallest absolute Gasteiger partial charge is 0.258 e. The molecule has 2 aromatic carbocycles. The minimum absolute atomic E-state index is 0.0950. The van der Waals surface area contributed by atoms with Gasteiger partial charge in [-0.15, -0.1) is 0 Å². The van der Waals surface area contributed by atoms with Crippen molar-refractivity contribution >= 4 is 12.1 Å². The largest absolute Gasteiger partial charge is 0.497 e. The summed E-state index contributed by atoms with van der Waals surface area (Å²) >= 11 is 0. The second kappa shape index (κ2) is 8.46. The molecule has 0 radical (unpaired) electrons. The molecule has 136 valence electrons. The number of rotatable bonds is 6. The van der Waals surface area contributed by atoms with Gasteiger partial charge in [-0.05, 0) is 24.1 Å². The molecule has 0 saturated carbocycles. The molecule has 7 heteroatoms. The van der Waals surface area contributed by atoms with Gasteiger partial charge in [-0.2, -0.15) is 5.10 Å². The van der Waals surface area contributed by atoms with E-state index in [0.717, 1.165) is 11.1 Å². The van der Waals surface area contributed by atoms with Crippen molar-refractivity contribution in [1.82, 2.24) is 16.3 Å². The van der Waals surface area contributed by atoms with Crippen LogP contribution in [0.2, 0.25) is 0 Å². The topological polar surface area (TPSA) is 84.0 Å². The number of ether oxygens (including phenoxy) is 2. The van der Waals surface area contributed by atoms with Crippen LogP contribution in [0.4, 0.5) is 0 Å². The second-order valence-electron chi connectivity index (χ2n) is 5.88. The molecule has 0 bridgehead atoms. The summed E-state index contributed by atoms with van der Waals surface area (Å²) in [5.74, 6) is 1.11. The number of carbonyl (C=O) groups excluding carboxylic acids is 1. The van der Waals surface area contributed by atoms with E-state index in [9.17, 15) is 4.79 Å². The molecule has 0 spiro atoms. The first kappa shape index (κ1) is 17.9. The number of methoxy groups -OCH3 is 2. The summed E-state index contributed by atoms with van der Waals surface area (Å²) in [7, 11) is 3.16. The minimum atomic E-state index is -0.352. The summed E-state index contributed by atoms with van der Waals surface area (Å²) in [6.07, 6.45) is 2.20. The molecule has 3 rings (SSSR count). The van der Waals surface area contributed by atoms with E-state index in [0.29, 0.717) is 17.9 Å². The fourth-order valence-electron chi connectivity index (χ4n) is 2.80. The molecule has 0 aromatic heterocycles. The van der Waals surface area contributed by atoms with Crippen molar-refractivity contribution in [2.75, 3.05) is 14.2 Å². The number of amides is 1. The van der Waals surface area contributed by atoms with Crippen LogP contribution in [0.15, 0.2) is 53.6 Å². The number of nitrogens with zero attached hydrogens (tertiary/aromatic N) is 1. The predicted molar refractivity (Wildman–Crippen MR) is 99.1 cm³/mol. The molecule has 1 amide bonds. The average Bonchev–Trinajstić information content (AvgIpc) is 3.19. The minimum Gasteiger partial charge on any atom is -0.497 e. The molecule has 26 heavy (non-hydrogen) atoms. The number of hydrazone groups is 1. The Bertz CT molecular complexity index is 780. The van der Waals surface area contributed by atoms with E-state index in [2.05, 4.69) is 21.4 Å². The molecule has 1 aliphatic rings. The third-order valence-electron chi connectivity index (χ3n) is 4.24. The van der Waals surface area contributed by atoms with Gasteiger partial charge in [0.15, 0.2) is 0 Å². The fourth-order valence-corrected chi connectivity index (χ4v) is 2.80. The van der Waals surface area contributed by atoms with Gasteiger partial charge in [-0.3, -0.25) is 4.79 Å². The Morgan fingerprint density at radius 3 is 2.69 bits per heavy atom. The third-order valence-corrected chi connectivity index (χ3v) is 4.24.